The molecular formula is C28H30N2O5. The SMILES string of the molecule is COc1ccc([C@@H]2c3ncccc3[C@@](NC(C)C)(c3ccc4c(c3)OCC4)[C@H]2C(=O)O)c(CO)c1. The highest BCUT2D eigenvalue weighted by atomic mass is 16.5. The van der Waals surface area contributed by atoms with E-state index in [-0.39, 0.29) is 12.6 Å². The maximum Gasteiger partial charge on any atom is 0.310 e. The standard InChI is InChI=1S/C28H30N2O5/c1-16(2)30-28(19-7-6-17-10-12-35-23(17)14-19)22-5-4-11-29-26(22)24(25(28)27(32)33)21-9-8-20(34-3)13-18(21)15-31/h4-9,11,13-14,16,24-25,30-31H,10,12,15H2,1-3H3,(H,32,33)/t24-,25+,28-/m0/s1. The Kier molecular flexibility index (Phi) is 5.99. The van der Waals surface area contributed by atoms with E-state index in [1.807, 2.05) is 50.2 Å². The van der Waals surface area contributed by atoms with Gasteiger partial charge in [-0.1, -0.05) is 24.3 Å². The molecule has 2 aromatic carbocycles. The summed E-state index contributed by atoms with van der Waals surface area (Å²) >= 11 is 0. The van der Waals surface area contributed by atoms with E-state index in [4.69, 9.17) is 14.5 Å². The van der Waals surface area contributed by atoms with Gasteiger partial charge in [-0.05, 0) is 65.9 Å². The van der Waals surface area contributed by atoms with Gasteiger partial charge in [-0.15, -0.1) is 0 Å². The van der Waals surface area contributed by atoms with Crippen molar-refractivity contribution < 1.29 is 24.5 Å². The van der Waals surface area contributed by atoms with E-state index in [1.165, 1.54) is 0 Å². The minimum Gasteiger partial charge on any atom is -0.497 e. The molecule has 1 aromatic heterocycles. The number of aliphatic hydroxyl groups is 1. The molecule has 7 heteroatoms. The van der Waals surface area contributed by atoms with Crippen molar-refractivity contribution >= 4 is 5.97 Å². The van der Waals surface area contributed by atoms with Crippen LogP contribution in [0.5, 0.6) is 11.5 Å². The Bertz CT molecular complexity index is 1270. The van der Waals surface area contributed by atoms with Crippen LogP contribution in [0, 0.1) is 5.92 Å². The van der Waals surface area contributed by atoms with Crippen molar-refractivity contribution in [3.63, 3.8) is 0 Å². The number of aliphatic hydroxyl groups excluding tert-OH is 1. The lowest BCUT2D eigenvalue weighted by molar-refractivity contribution is -0.144. The van der Waals surface area contributed by atoms with Crippen LogP contribution >= 0.6 is 0 Å². The van der Waals surface area contributed by atoms with Gasteiger partial charge in [0.15, 0.2) is 0 Å². The number of carbonyl (C=O) groups is 1. The van der Waals surface area contributed by atoms with Crippen molar-refractivity contribution in [3.8, 4) is 11.5 Å². The Morgan fingerprint density at radius 2 is 2.09 bits per heavy atom. The van der Waals surface area contributed by atoms with Crippen LogP contribution in [0.1, 0.15) is 53.3 Å². The highest BCUT2D eigenvalue weighted by molar-refractivity contribution is 5.79. The zero-order valence-electron chi connectivity index (χ0n) is 20.1. The Morgan fingerprint density at radius 3 is 2.80 bits per heavy atom. The molecule has 1 aliphatic heterocycles. The minimum absolute atomic E-state index is 0.0222. The summed E-state index contributed by atoms with van der Waals surface area (Å²) < 4.78 is 11.2. The number of fused-ring (bicyclic) bond motifs is 2. The third-order valence-corrected chi connectivity index (χ3v) is 7.15. The number of nitrogens with zero attached hydrogens (tertiary/aromatic N) is 1. The zero-order chi connectivity index (χ0) is 24.7. The molecule has 0 radical (unpaired) electrons. The van der Waals surface area contributed by atoms with Gasteiger partial charge in [-0.2, -0.15) is 0 Å². The number of methoxy groups -OCH3 is 1. The molecule has 0 fully saturated rings. The van der Waals surface area contributed by atoms with Gasteiger partial charge < -0.3 is 25.0 Å². The van der Waals surface area contributed by atoms with E-state index in [9.17, 15) is 15.0 Å². The monoisotopic (exact) mass is 474 g/mol. The summed E-state index contributed by atoms with van der Waals surface area (Å²) in [5, 5.41) is 24.7. The van der Waals surface area contributed by atoms with E-state index < -0.39 is 23.3 Å². The number of carboxylic acids is 1. The average molecular weight is 475 g/mol. The third kappa shape index (κ3) is 3.66. The molecule has 3 atom stereocenters. The van der Waals surface area contributed by atoms with Crippen LogP contribution in [-0.4, -0.2) is 40.9 Å². The number of pyridine rings is 1. The molecule has 0 bridgehead atoms. The molecule has 3 aromatic rings. The van der Waals surface area contributed by atoms with Gasteiger partial charge in [0.05, 0.1) is 37.5 Å². The molecular weight excluding hydrogens is 444 g/mol. The van der Waals surface area contributed by atoms with Crippen molar-refractivity contribution in [3.05, 3.63) is 88.2 Å². The molecule has 0 unspecified atom stereocenters. The second kappa shape index (κ2) is 8.98. The molecule has 182 valence electrons. The number of hydrogen-bond donors (Lipinski definition) is 3. The molecule has 0 spiro atoms. The van der Waals surface area contributed by atoms with Gasteiger partial charge in [0, 0.05) is 24.6 Å². The molecule has 35 heavy (non-hydrogen) atoms. The third-order valence-electron chi connectivity index (χ3n) is 7.15. The van der Waals surface area contributed by atoms with Crippen molar-refractivity contribution in [1.82, 2.24) is 10.3 Å². The topological polar surface area (TPSA) is 101 Å². The highest BCUT2D eigenvalue weighted by Crippen LogP contribution is 2.56. The van der Waals surface area contributed by atoms with E-state index in [1.54, 1.807) is 25.4 Å². The number of nitrogens with one attached hydrogen (secondary N) is 1. The van der Waals surface area contributed by atoms with Crippen LogP contribution < -0.4 is 14.8 Å². The van der Waals surface area contributed by atoms with Crippen molar-refractivity contribution in [2.45, 2.75) is 44.4 Å². The number of ether oxygens (including phenoxy) is 2. The van der Waals surface area contributed by atoms with Crippen LogP contribution in [0.15, 0.2) is 54.7 Å². The Balaban J connectivity index is 1.80. The molecule has 5 rings (SSSR count). The van der Waals surface area contributed by atoms with Crippen LogP contribution in [0.3, 0.4) is 0 Å². The number of hydrogen-bond acceptors (Lipinski definition) is 6. The van der Waals surface area contributed by atoms with Crippen LogP contribution in [0.25, 0.3) is 0 Å². The molecule has 0 saturated carbocycles. The maximum atomic E-state index is 13.2. The largest absolute Gasteiger partial charge is 0.497 e. The summed E-state index contributed by atoms with van der Waals surface area (Å²) in [7, 11) is 1.57. The van der Waals surface area contributed by atoms with Crippen molar-refractivity contribution in [2.24, 2.45) is 5.92 Å². The number of rotatable bonds is 7. The summed E-state index contributed by atoms with van der Waals surface area (Å²) in [6.07, 6.45) is 2.54. The molecule has 1 aliphatic carbocycles. The maximum absolute atomic E-state index is 13.2. The Hall–Kier alpha value is -3.42. The fraction of sp³-hybridized carbons (Fsp3) is 0.357. The fourth-order valence-electron chi connectivity index (χ4n) is 5.83. The van der Waals surface area contributed by atoms with Crippen LogP contribution in [0.2, 0.25) is 0 Å². The van der Waals surface area contributed by atoms with Crippen molar-refractivity contribution in [2.75, 3.05) is 13.7 Å². The summed E-state index contributed by atoms with van der Waals surface area (Å²) in [6.45, 7) is 4.41. The number of benzene rings is 2. The van der Waals surface area contributed by atoms with E-state index in [0.29, 0.717) is 23.6 Å². The lowest BCUT2D eigenvalue weighted by Gasteiger charge is -2.39. The lowest BCUT2D eigenvalue weighted by Crippen LogP contribution is -2.53. The first-order chi connectivity index (χ1) is 16.9. The molecule has 2 heterocycles. The van der Waals surface area contributed by atoms with Gasteiger partial charge in [-0.3, -0.25) is 9.78 Å². The Labute approximate surface area is 204 Å². The smallest absolute Gasteiger partial charge is 0.310 e. The highest BCUT2D eigenvalue weighted by Gasteiger charge is 2.58. The summed E-state index contributed by atoms with van der Waals surface area (Å²) in [4.78, 5) is 17.9. The number of aliphatic carboxylic acids is 1. The second-order valence-corrected chi connectivity index (χ2v) is 9.48. The minimum atomic E-state index is -1.05. The van der Waals surface area contributed by atoms with E-state index in [2.05, 4.69) is 5.32 Å². The van der Waals surface area contributed by atoms with Gasteiger partial charge in [0.1, 0.15) is 11.5 Å². The van der Waals surface area contributed by atoms with Crippen LogP contribution in [-0.2, 0) is 23.4 Å². The van der Waals surface area contributed by atoms with Crippen molar-refractivity contribution in [1.29, 1.82) is 0 Å². The number of carboxylic acid groups (broad SMARTS) is 1. The summed E-state index contributed by atoms with van der Waals surface area (Å²) in [6, 6.07) is 15.2. The molecule has 0 amide bonds. The quantitative estimate of drug-likeness (QED) is 0.481. The van der Waals surface area contributed by atoms with Gasteiger partial charge in [-0.25, -0.2) is 0 Å². The van der Waals surface area contributed by atoms with Gasteiger partial charge in [0.25, 0.3) is 0 Å². The second-order valence-electron chi connectivity index (χ2n) is 9.48. The first-order valence-corrected chi connectivity index (χ1v) is 11.9. The molecule has 7 nitrogen and oxygen atoms in total. The van der Waals surface area contributed by atoms with E-state index in [0.717, 1.165) is 34.4 Å². The molecule has 3 N–H and O–H groups in total. The Morgan fingerprint density at radius 1 is 1.26 bits per heavy atom. The van der Waals surface area contributed by atoms with Gasteiger partial charge in [0.2, 0.25) is 0 Å². The lowest BCUT2D eigenvalue weighted by atomic mass is 9.72. The summed E-state index contributed by atoms with van der Waals surface area (Å²) in [5.74, 6) is -1.05. The van der Waals surface area contributed by atoms with Crippen LogP contribution in [0.4, 0.5) is 0 Å². The first kappa shape index (κ1) is 23.3. The zero-order valence-corrected chi connectivity index (χ0v) is 20.1. The predicted octanol–water partition coefficient (Wildman–Crippen LogP) is 3.61. The molecule has 0 saturated heterocycles. The fourth-order valence-corrected chi connectivity index (χ4v) is 5.83. The number of aromatic nitrogens is 1. The molecule has 2 aliphatic rings. The van der Waals surface area contributed by atoms with E-state index >= 15 is 0 Å². The normalized spacial score (nSPS) is 22.5. The predicted molar refractivity (Wildman–Crippen MR) is 131 cm³/mol. The first-order valence-electron chi connectivity index (χ1n) is 11.9. The summed E-state index contributed by atoms with van der Waals surface area (Å²) in [5.41, 5.74) is 3.76. The van der Waals surface area contributed by atoms with Gasteiger partial charge >= 0.3 is 5.97 Å². The average Bonchev–Trinajstić information content (AvgIpc) is 3.44.